The van der Waals surface area contributed by atoms with Crippen molar-refractivity contribution in [2.45, 2.75) is 92.4 Å². The Balaban J connectivity index is 0. The molecule has 8 nitrogen and oxygen atoms in total. The molecule has 2 unspecified atom stereocenters. The first-order chi connectivity index (χ1) is 19.1. The van der Waals surface area contributed by atoms with Crippen molar-refractivity contribution in [3.8, 4) is 0 Å². The number of hydrogen-bond donors (Lipinski definition) is 3. The zero-order valence-electron chi connectivity index (χ0n) is 26.4. The van der Waals surface area contributed by atoms with Gasteiger partial charge in [0.1, 0.15) is 18.5 Å². The van der Waals surface area contributed by atoms with Gasteiger partial charge in [0, 0.05) is 19.4 Å². The molecule has 1 saturated heterocycles. The second-order valence-electron chi connectivity index (χ2n) is 10.4. The van der Waals surface area contributed by atoms with E-state index in [2.05, 4.69) is 75.8 Å². The summed E-state index contributed by atoms with van der Waals surface area (Å²) in [6.07, 6.45) is 7.84. The van der Waals surface area contributed by atoms with E-state index in [1.807, 2.05) is 13.7 Å². The number of rotatable bonds is 12. The van der Waals surface area contributed by atoms with Crippen LogP contribution in [0.15, 0.2) is 40.3 Å². The highest BCUT2D eigenvalue weighted by atomic mass is 16.1. The Kier molecular flexibility index (Phi) is 23.6. The van der Waals surface area contributed by atoms with E-state index in [-0.39, 0.29) is 6.41 Å². The second kappa shape index (κ2) is 24.0. The van der Waals surface area contributed by atoms with Gasteiger partial charge in [-0.1, -0.05) is 65.3 Å². The molecule has 228 valence electrons. The van der Waals surface area contributed by atoms with Crippen LogP contribution in [-0.2, 0) is 9.59 Å². The molecule has 1 aliphatic heterocycles. The summed E-state index contributed by atoms with van der Waals surface area (Å²) in [5.41, 5.74) is 19.7. The molecule has 0 bridgehead atoms. The minimum atomic E-state index is 0.250. The number of carbonyl (C=O) groups is 2. The molecule has 2 rings (SSSR count). The Labute approximate surface area is 244 Å². The van der Waals surface area contributed by atoms with E-state index in [1.54, 1.807) is 0 Å². The smallest absolute Gasteiger partial charge is 0.204 e. The van der Waals surface area contributed by atoms with Crippen molar-refractivity contribution < 1.29 is 9.59 Å². The first-order valence-electron chi connectivity index (χ1n) is 14.6. The Morgan fingerprint density at radius 3 is 2.17 bits per heavy atom. The molecular formula is C32H58N6O2. The van der Waals surface area contributed by atoms with Crippen molar-refractivity contribution in [2.24, 2.45) is 39.0 Å². The number of benzene rings is 1. The van der Waals surface area contributed by atoms with Gasteiger partial charge in [0.2, 0.25) is 6.41 Å². The maximum absolute atomic E-state index is 8.58. The van der Waals surface area contributed by atoms with Crippen LogP contribution in [0.25, 0.3) is 0 Å². The van der Waals surface area contributed by atoms with Crippen LogP contribution in [0.2, 0.25) is 0 Å². The zero-order valence-corrected chi connectivity index (χ0v) is 26.4. The van der Waals surface area contributed by atoms with Gasteiger partial charge >= 0.3 is 0 Å². The lowest BCUT2D eigenvalue weighted by atomic mass is 9.83. The number of carbonyl (C=O) groups excluding carboxylic acids is 2. The molecule has 0 saturated carbocycles. The molecule has 6 N–H and O–H groups in total. The van der Waals surface area contributed by atoms with Crippen LogP contribution in [0.5, 0.6) is 0 Å². The molecule has 8 heteroatoms. The highest BCUT2D eigenvalue weighted by Gasteiger charge is 2.20. The van der Waals surface area contributed by atoms with Gasteiger partial charge in [-0.3, -0.25) is 9.69 Å². The van der Waals surface area contributed by atoms with Crippen molar-refractivity contribution in [3.63, 3.8) is 0 Å². The third-order valence-electron chi connectivity index (χ3n) is 7.16. The molecule has 1 aromatic carbocycles. The first kappa shape index (κ1) is 39.3. The SMILES string of the molecule is C=C(CC(CCC(N=C(N)CC)=Nc1ccc(C(C)C)cc1C)C(C)CC)CN1CCCC1.C=O.CN.NC=O. The topological polar surface area (TPSA) is 140 Å². The van der Waals surface area contributed by atoms with Crippen LogP contribution in [-0.4, -0.2) is 56.5 Å². The Bertz CT molecular complexity index is 891. The number of nitrogens with zero attached hydrogens (tertiary/aromatic N) is 3. The minimum Gasteiger partial charge on any atom is -0.387 e. The lowest BCUT2D eigenvalue weighted by Gasteiger charge is -2.26. The molecule has 0 aliphatic carbocycles. The highest BCUT2D eigenvalue weighted by Crippen LogP contribution is 2.29. The summed E-state index contributed by atoms with van der Waals surface area (Å²) >= 11 is 0. The molecule has 1 fully saturated rings. The molecule has 1 heterocycles. The van der Waals surface area contributed by atoms with Crippen LogP contribution in [0.3, 0.4) is 0 Å². The summed E-state index contributed by atoms with van der Waals surface area (Å²) in [5, 5.41) is 0. The summed E-state index contributed by atoms with van der Waals surface area (Å²) in [4.78, 5) is 28.8. The van der Waals surface area contributed by atoms with Crippen LogP contribution in [0.1, 0.15) is 96.6 Å². The zero-order chi connectivity index (χ0) is 31.1. The van der Waals surface area contributed by atoms with Crippen LogP contribution in [0.4, 0.5) is 5.69 Å². The van der Waals surface area contributed by atoms with Crippen molar-refractivity contribution in [3.05, 3.63) is 41.5 Å². The first-order valence-corrected chi connectivity index (χ1v) is 14.6. The van der Waals surface area contributed by atoms with Gasteiger partial charge in [-0.25, -0.2) is 9.98 Å². The average Bonchev–Trinajstić information content (AvgIpc) is 3.46. The van der Waals surface area contributed by atoms with Crippen LogP contribution in [0, 0.1) is 18.8 Å². The lowest BCUT2D eigenvalue weighted by molar-refractivity contribution is -0.107. The number of amidine groups is 2. The van der Waals surface area contributed by atoms with E-state index in [1.165, 1.54) is 56.1 Å². The Morgan fingerprint density at radius 2 is 1.70 bits per heavy atom. The highest BCUT2D eigenvalue weighted by molar-refractivity contribution is 5.97. The molecular weight excluding hydrogens is 500 g/mol. The largest absolute Gasteiger partial charge is 0.387 e. The van der Waals surface area contributed by atoms with Gasteiger partial charge < -0.3 is 22.0 Å². The average molecular weight is 559 g/mol. The maximum atomic E-state index is 8.58. The van der Waals surface area contributed by atoms with E-state index < -0.39 is 0 Å². The van der Waals surface area contributed by atoms with Gasteiger partial charge in [-0.15, -0.1) is 0 Å². The number of likely N-dealkylation sites (tertiary alicyclic amines) is 1. The lowest BCUT2D eigenvalue weighted by Crippen LogP contribution is -2.23. The number of aliphatic imine (C=N–C) groups is 2. The van der Waals surface area contributed by atoms with E-state index in [4.69, 9.17) is 25.3 Å². The van der Waals surface area contributed by atoms with Crippen molar-refractivity contribution in [1.29, 1.82) is 0 Å². The number of amides is 1. The van der Waals surface area contributed by atoms with Gasteiger partial charge in [0.05, 0.1) is 5.69 Å². The monoisotopic (exact) mass is 558 g/mol. The molecule has 1 aliphatic rings. The van der Waals surface area contributed by atoms with Gasteiger partial charge in [0.25, 0.3) is 0 Å². The predicted molar refractivity (Wildman–Crippen MR) is 173 cm³/mol. The molecule has 1 amide bonds. The molecule has 0 aromatic heterocycles. The maximum Gasteiger partial charge on any atom is 0.204 e. The van der Waals surface area contributed by atoms with Gasteiger partial charge in [-0.2, -0.15) is 0 Å². The number of hydrogen-bond acceptors (Lipinski definition) is 5. The van der Waals surface area contributed by atoms with E-state index in [0.717, 1.165) is 43.8 Å². The fraction of sp³-hybridized carbons (Fsp3) is 0.625. The van der Waals surface area contributed by atoms with Crippen molar-refractivity contribution in [1.82, 2.24) is 4.90 Å². The summed E-state index contributed by atoms with van der Waals surface area (Å²) < 4.78 is 0. The third-order valence-corrected chi connectivity index (χ3v) is 7.16. The van der Waals surface area contributed by atoms with Gasteiger partial charge in [0.15, 0.2) is 0 Å². The van der Waals surface area contributed by atoms with Crippen LogP contribution >= 0.6 is 0 Å². The predicted octanol–water partition coefficient (Wildman–Crippen LogP) is 5.89. The standard InChI is InChI=1S/C29H48N4.CH3NO.CH5N.CH2O/c1-8-23(6)26(18-22(5)20-33-16-10-11-17-33)13-15-29(32-28(30)9-2)31-27-14-12-25(21(3)4)19-24(27)7;2-1-3;2*1-2/h12,14,19,21,23,26H,5,8-11,13,15-18,20H2,1-4,6-7H3,(H2,30,31,32);1H,(H2,2,3);2H2,1H3;1H2. The minimum absolute atomic E-state index is 0.250. The fourth-order valence-corrected chi connectivity index (χ4v) is 4.61. The quantitative estimate of drug-likeness (QED) is 0.127. The summed E-state index contributed by atoms with van der Waals surface area (Å²) in [5.74, 6) is 3.27. The summed E-state index contributed by atoms with van der Waals surface area (Å²) in [7, 11) is 1.50. The molecule has 0 radical (unpaired) electrons. The molecule has 1 aromatic rings. The summed E-state index contributed by atoms with van der Waals surface area (Å²) in [6.45, 7) is 23.3. The number of aryl methyl sites for hydroxylation is 1. The van der Waals surface area contributed by atoms with Crippen LogP contribution < -0.4 is 17.2 Å². The summed E-state index contributed by atoms with van der Waals surface area (Å²) in [6, 6.07) is 6.57. The normalized spacial score (nSPS) is 15.0. The Hall–Kier alpha value is -2.84. The third kappa shape index (κ3) is 16.3. The Morgan fingerprint density at radius 1 is 1.12 bits per heavy atom. The second-order valence-corrected chi connectivity index (χ2v) is 10.4. The van der Waals surface area contributed by atoms with Crippen molar-refractivity contribution >= 4 is 30.6 Å². The van der Waals surface area contributed by atoms with E-state index in [0.29, 0.717) is 23.6 Å². The number of primary amides is 1. The van der Waals surface area contributed by atoms with Crippen molar-refractivity contribution in [2.75, 3.05) is 26.7 Å². The fourth-order valence-electron chi connectivity index (χ4n) is 4.61. The van der Waals surface area contributed by atoms with E-state index in [9.17, 15) is 0 Å². The number of nitrogens with two attached hydrogens (primary N) is 3. The van der Waals surface area contributed by atoms with E-state index >= 15 is 0 Å². The molecule has 40 heavy (non-hydrogen) atoms. The van der Waals surface area contributed by atoms with Gasteiger partial charge in [-0.05, 0) is 87.7 Å². The molecule has 2 atom stereocenters. The molecule has 0 spiro atoms.